The second-order valence-electron chi connectivity index (χ2n) is 5.47. The highest BCUT2D eigenvalue weighted by atomic mass is 32.2. The third-order valence-electron chi connectivity index (χ3n) is 3.67. The summed E-state index contributed by atoms with van der Waals surface area (Å²) in [5, 5.41) is 0.810. The molecule has 0 spiro atoms. The van der Waals surface area contributed by atoms with Crippen LogP contribution in [-0.4, -0.2) is 25.3 Å². The number of thioether (sulfide) groups is 1. The Labute approximate surface area is 140 Å². The predicted octanol–water partition coefficient (Wildman–Crippen LogP) is 4.07. The smallest absolute Gasteiger partial charge is 0.189 e. The van der Waals surface area contributed by atoms with Gasteiger partial charge in [-0.05, 0) is 30.7 Å². The number of unbranched alkanes of at least 4 members (excludes halogenated alkanes) is 3. The van der Waals surface area contributed by atoms with Gasteiger partial charge in [-0.15, -0.1) is 0 Å². The predicted molar refractivity (Wildman–Crippen MR) is 95.9 cm³/mol. The van der Waals surface area contributed by atoms with Crippen molar-refractivity contribution < 1.29 is 0 Å². The van der Waals surface area contributed by atoms with Crippen LogP contribution in [0.15, 0.2) is 41.9 Å². The Hall–Kier alpha value is -2.08. The molecule has 5 nitrogen and oxygen atoms in total. The van der Waals surface area contributed by atoms with Gasteiger partial charge in [0.05, 0.1) is 11.0 Å². The van der Waals surface area contributed by atoms with Crippen LogP contribution in [0.25, 0.3) is 16.9 Å². The molecule has 2 heterocycles. The van der Waals surface area contributed by atoms with Crippen LogP contribution < -0.4 is 5.73 Å². The Morgan fingerprint density at radius 2 is 2.04 bits per heavy atom. The molecule has 0 aliphatic carbocycles. The fourth-order valence-electron chi connectivity index (χ4n) is 2.44. The third-order valence-corrected chi connectivity index (χ3v) is 4.61. The summed E-state index contributed by atoms with van der Waals surface area (Å²) in [6.45, 7) is 2.22. The minimum absolute atomic E-state index is 0.721. The number of benzene rings is 1. The molecule has 0 fully saturated rings. The molecule has 0 saturated heterocycles. The highest BCUT2D eigenvalue weighted by Gasteiger charge is 2.07. The lowest BCUT2D eigenvalue weighted by molar-refractivity contribution is 0.706. The van der Waals surface area contributed by atoms with E-state index in [1.165, 1.54) is 25.7 Å². The number of hydrogen-bond acceptors (Lipinski definition) is 5. The van der Waals surface area contributed by atoms with Gasteiger partial charge in [0.15, 0.2) is 5.16 Å². The number of nitrogens with zero attached hydrogens (tertiary/aromatic N) is 4. The number of nitrogen functional groups attached to an aromatic ring is 1. The summed E-state index contributed by atoms with van der Waals surface area (Å²) in [5.74, 6) is 1.88. The van der Waals surface area contributed by atoms with Crippen molar-refractivity contribution in [2.75, 3.05) is 11.5 Å². The molecule has 0 saturated carbocycles. The van der Waals surface area contributed by atoms with Crippen molar-refractivity contribution in [1.29, 1.82) is 0 Å². The van der Waals surface area contributed by atoms with E-state index < -0.39 is 0 Å². The zero-order valence-corrected chi connectivity index (χ0v) is 14.1. The Bertz CT molecular complexity index is 784. The number of nitrogens with two attached hydrogens (primary N) is 1. The second-order valence-corrected chi connectivity index (χ2v) is 6.53. The van der Waals surface area contributed by atoms with E-state index in [0.717, 1.165) is 33.4 Å². The first kappa shape index (κ1) is 15.8. The van der Waals surface area contributed by atoms with Crippen LogP contribution in [0.5, 0.6) is 0 Å². The molecule has 120 valence electrons. The second kappa shape index (κ2) is 7.46. The quantitative estimate of drug-likeness (QED) is 0.306. The zero-order chi connectivity index (χ0) is 16.1. The fraction of sp³-hybridized carbons (Fsp3) is 0.353. The average molecular weight is 327 g/mol. The molecule has 6 heteroatoms. The summed E-state index contributed by atoms with van der Waals surface area (Å²) in [6.07, 6.45) is 8.61. The van der Waals surface area contributed by atoms with Gasteiger partial charge in [-0.2, -0.15) is 0 Å². The van der Waals surface area contributed by atoms with E-state index in [4.69, 9.17) is 5.73 Å². The SMILES string of the molecule is CCCCCCSc1nccc(-n2cnc3ccc(N)cc32)n1. The Morgan fingerprint density at radius 3 is 2.91 bits per heavy atom. The summed E-state index contributed by atoms with van der Waals surface area (Å²) in [5.41, 5.74) is 8.48. The molecule has 0 aliphatic heterocycles. The normalized spacial score (nSPS) is 11.2. The van der Waals surface area contributed by atoms with Crippen LogP contribution in [0, 0.1) is 0 Å². The van der Waals surface area contributed by atoms with Crippen molar-refractivity contribution in [3.05, 3.63) is 36.8 Å². The molecule has 0 unspecified atom stereocenters. The van der Waals surface area contributed by atoms with Gasteiger partial charge in [-0.1, -0.05) is 37.9 Å². The lowest BCUT2D eigenvalue weighted by Gasteiger charge is -2.06. The summed E-state index contributed by atoms with van der Waals surface area (Å²) >= 11 is 1.71. The first-order valence-corrected chi connectivity index (χ1v) is 8.95. The first-order chi connectivity index (χ1) is 11.3. The minimum Gasteiger partial charge on any atom is -0.399 e. The van der Waals surface area contributed by atoms with Gasteiger partial charge >= 0.3 is 0 Å². The third kappa shape index (κ3) is 3.82. The van der Waals surface area contributed by atoms with Crippen LogP contribution in [0.1, 0.15) is 32.6 Å². The van der Waals surface area contributed by atoms with Crippen molar-refractivity contribution in [3.63, 3.8) is 0 Å². The van der Waals surface area contributed by atoms with Crippen molar-refractivity contribution in [1.82, 2.24) is 19.5 Å². The molecule has 2 aromatic heterocycles. The topological polar surface area (TPSA) is 69.6 Å². The van der Waals surface area contributed by atoms with Gasteiger partial charge in [0.2, 0.25) is 0 Å². The summed E-state index contributed by atoms with van der Waals surface area (Å²) < 4.78 is 1.95. The van der Waals surface area contributed by atoms with E-state index in [1.54, 1.807) is 24.3 Å². The highest BCUT2D eigenvalue weighted by molar-refractivity contribution is 7.99. The van der Waals surface area contributed by atoms with E-state index in [-0.39, 0.29) is 0 Å². The zero-order valence-electron chi connectivity index (χ0n) is 13.3. The number of anilines is 1. The van der Waals surface area contributed by atoms with Crippen LogP contribution in [-0.2, 0) is 0 Å². The maximum atomic E-state index is 5.89. The molecular formula is C17H21N5S. The molecule has 23 heavy (non-hydrogen) atoms. The Balaban J connectivity index is 1.77. The van der Waals surface area contributed by atoms with E-state index in [0.29, 0.717) is 0 Å². The van der Waals surface area contributed by atoms with E-state index in [1.807, 2.05) is 28.8 Å². The number of imidazole rings is 1. The lowest BCUT2D eigenvalue weighted by Crippen LogP contribution is -1.99. The van der Waals surface area contributed by atoms with Crippen LogP contribution in [0.3, 0.4) is 0 Å². The molecule has 3 rings (SSSR count). The molecule has 3 aromatic rings. The maximum Gasteiger partial charge on any atom is 0.189 e. The van der Waals surface area contributed by atoms with Gasteiger partial charge in [0.1, 0.15) is 12.1 Å². The van der Waals surface area contributed by atoms with Crippen molar-refractivity contribution in [3.8, 4) is 5.82 Å². The van der Waals surface area contributed by atoms with Gasteiger partial charge in [-0.25, -0.2) is 15.0 Å². The monoisotopic (exact) mass is 327 g/mol. The summed E-state index contributed by atoms with van der Waals surface area (Å²) in [7, 11) is 0. The number of hydrogen-bond donors (Lipinski definition) is 1. The van der Waals surface area contributed by atoms with Crippen LogP contribution >= 0.6 is 11.8 Å². The molecule has 0 atom stereocenters. The molecule has 0 amide bonds. The standard InChI is InChI=1S/C17H21N5S/c1-2-3-4-5-10-23-17-19-9-8-16(21-17)22-12-20-14-7-6-13(18)11-15(14)22/h6-9,11-12H,2-5,10,18H2,1H3. The van der Waals surface area contributed by atoms with Gasteiger partial charge in [0, 0.05) is 17.6 Å². The highest BCUT2D eigenvalue weighted by Crippen LogP contribution is 2.21. The minimum atomic E-state index is 0.721. The van der Waals surface area contributed by atoms with Gasteiger partial charge < -0.3 is 5.73 Å². The van der Waals surface area contributed by atoms with E-state index >= 15 is 0 Å². The Kier molecular flexibility index (Phi) is 5.12. The van der Waals surface area contributed by atoms with E-state index in [9.17, 15) is 0 Å². The van der Waals surface area contributed by atoms with Gasteiger partial charge in [-0.3, -0.25) is 4.57 Å². The van der Waals surface area contributed by atoms with Crippen molar-refractivity contribution >= 4 is 28.5 Å². The lowest BCUT2D eigenvalue weighted by atomic mass is 10.2. The molecule has 2 N–H and O–H groups in total. The fourth-order valence-corrected chi connectivity index (χ4v) is 3.26. The summed E-state index contributed by atoms with van der Waals surface area (Å²) in [6, 6.07) is 7.59. The average Bonchev–Trinajstić information content (AvgIpc) is 2.98. The first-order valence-electron chi connectivity index (χ1n) is 7.96. The number of fused-ring (bicyclic) bond motifs is 1. The molecule has 0 radical (unpaired) electrons. The van der Waals surface area contributed by atoms with E-state index in [2.05, 4.69) is 21.9 Å². The maximum absolute atomic E-state index is 5.89. The molecule has 1 aromatic carbocycles. The van der Waals surface area contributed by atoms with Crippen LogP contribution in [0.2, 0.25) is 0 Å². The summed E-state index contributed by atoms with van der Waals surface area (Å²) in [4.78, 5) is 13.4. The number of rotatable bonds is 7. The number of aromatic nitrogens is 4. The van der Waals surface area contributed by atoms with Crippen molar-refractivity contribution in [2.24, 2.45) is 0 Å². The Morgan fingerprint density at radius 1 is 1.13 bits per heavy atom. The van der Waals surface area contributed by atoms with Crippen molar-refractivity contribution in [2.45, 2.75) is 37.8 Å². The molecule has 0 bridgehead atoms. The molecular weight excluding hydrogens is 306 g/mol. The van der Waals surface area contributed by atoms with Gasteiger partial charge in [0.25, 0.3) is 0 Å². The molecule has 0 aliphatic rings. The largest absolute Gasteiger partial charge is 0.399 e. The van der Waals surface area contributed by atoms with Crippen LogP contribution in [0.4, 0.5) is 5.69 Å².